The average Bonchev–Trinajstić information content (AvgIpc) is 1.93. The fourth-order valence-corrected chi connectivity index (χ4v) is 3.17. The van der Waals surface area contributed by atoms with Gasteiger partial charge in [-0.2, -0.15) is 0 Å². The van der Waals surface area contributed by atoms with Gasteiger partial charge >= 0.3 is 0 Å². The van der Waals surface area contributed by atoms with Crippen molar-refractivity contribution in [1.82, 2.24) is 0 Å². The van der Waals surface area contributed by atoms with Crippen LogP contribution in [0, 0.1) is 5.41 Å². The van der Waals surface area contributed by atoms with E-state index in [9.17, 15) is 0 Å². The molecule has 0 N–H and O–H groups in total. The summed E-state index contributed by atoms with van der Waals surface area (Å²) in [5.41, 5.74) is -0.0218. The average molecular weight is 287 g/mol. The Labute approximate surface area is 115 Å². The fourth-order valence-electron chi connectivity index (χ4n) is 1.30. The van der Waals surface area contributed by atoms with Crippen LogP contribution in [0.2, 0.25) is 39.3 Å². The molecule has 2 nitrogen and oxygen atoms in total. The van der Waals surface area contributed by atoms with Crippen molar-refractivity contribution >= 4 is 16.6 Å². The molecule has 0 aromatic carbocycles. The minimum absolute atomic E-state index is 0.0218. The van der Waals surface area contributed by atoms with Crippen LogP contribution < -0.4 is 0 Å². The van der Waals surface area contributed by atoms with Crippen molar-refractivity contribution in [2.45, 2.75) is 60.1 Å². The van der Waals surface area contributed by atoms with Gasteiger partial charge in [0.25, 0.3) is 0 Å². The third kappa shape index (κ3) is 8.58. The van der Waals surface area contributed by atoms with Gasteiger partial charge in [0, 0.05) is 11.5 Å². The zero-order valence-corrected chi connectivity index (χ0v) is 15.6. The summed E-state index contributed by atoms with van der Waals surface area (Å²) in [6.07, 6.45) is 1.97. The lowest BCUT2D eigenvalue weighted by Gasteiger charge is -2.31. The Morgan fingerprint density at radius 3 is 1.56 bits per heavy atom. The lowest BCUT2D eigenvalue weighted by Crippen LogP contribution is -2.30. The molecular formula is C14H30O2Si2. The molecule has 0 fully saturated rings. The Kier molecular flexibility index (Phi) is 5.50. The third-order valence-corrected chi connectivity index (χ3v) is 3.59. The van der Waals surface area contributed by atoms with Crippen molar-refractivity contribution in [1.29, 1.82) is 0 Å². The molecule has 0 heterocycles. The summed E-state index contributed by atoms with van der Waals surface area (Å²) in [4.78, 5) is 0. The topological polar surface area (TPSA) is 18.5 Å². The van der Waals surface area contributed by atoms with Crippen LogP contribution in [0.1, 0.15) is 20.8 Å². The second kappa shape index (κ2) is 5.65. The maximum absolute atomic E-state index is 6.16. The summed E-state index contributed by atoms with van der Waals surface area (Å²) in [6, 6.07) is 0. The van der Waals surface area contributed by atoms with Gasteiger partial charge in [0.2, 0.25) is 16.6 Å². The summed E-state index contributed by atoms with van der Waals surface area (Å²) in [6.45, 7) is 23.5. The maximum Gasteiger partial charge on any atom is 0.242 e. The summed E-state index contributed by atoms with van der Waals surface area (Å²) in [5.74, 6) is 1.70. The highest BCUT2D eigenvalue weighted by Gasteiger charge is 2.26. The van der Waals surface area contributed by atoms with Crippen LogP contribution >= 0.6 is 0 Å². The smallest absolute Gasteiger partial charge is 0.242 e. The highest BCUT2D eigenvalue weighted by Crippen LogP contribution is 2.30. The van der Waals surface area contributed by atoms with Gasteiger partial charge in [0.05, 0.1) is 11.5 Å². The third-order valence-electron chi connectivity index (χ3n) is 1.88. The van der Waals surface area contributed by atoms with Crippen LogP contribution in [0.4, 0.5) is 0 Å². The zero-order valence-electron chi connectivity index (χ0n) is 13.6. The van der Waals surface area contributed by atoms with E-state index in [1.54, 1.807) is 0 Å². The van der Waals surface area contributed by atoms with Crippen molar-refractivity contribution in [3.63, 3.8) is 0 Å². The summed E-state index contributed by atoms with van der Waals surface area (Å²) >= 11 is 0. The molecule has 0 atom stereocenters. The number of hydrogen-bond acceptors (Lipinski definition) is 2. The Balaban J connectivity index is 5.05. The standard InChI is InChI=1S/C14H30O2Si2/c1-12(15-17(5,6)7)11-13(14(2,3)4)16-18(8,9)10/h11H,1H2,2-10H3. The lowest BCUT2D eigenvalue weighted by atomic mass is 9.93. The summed E-state index contributed by atoms with van der Waals surface area (Å²) in [5, 5.41) is 0. The molecule has 0 aliphatic heterocycles. The quantitative estimate of drug-likeness (QED) is 0.396. The van der Waals surface area contributed by atoms with E-state index < -0.39 is 16.6 Å². The SMILES string of the molecule is C=C(C=C(O[Si](C)(C)C)C(C)(C)C)O[Si](C)(C)C. The van der Waals surface area contributed by atoms with E-state index in [1.807, 2.05) is 6.08 Å². The molecule has 0 unspecified atom stereocenters. The summed E-state index contributed by atoms with van der Waals surface area (Å²) < 4.78 is 12.0. The van der Waals surface area contributed by atoms with E-state index in [-0.39, 0.29) is 5.41 Å². The first-order valence-corrected chi connectivity index (χ1v) is 13.3. The number of hydrogen-bond donors (Lipinski definition) is 0. The molecule has 18 heavy (non-hydrogen) atoms. The second-order valence-corrected chi connectivity index (χ2v) is 16.5. The van der Waals surface area contributed by atoms with Crippen molar-refractivity contribution in [3.8, 4) is 0 Å². The Bertz CT molecular complexity index is 325. The van der Waals surface area contributed by atoms with Gasteiger partial charge in [-0.25, -0.2) is 0 Å². The highest BCUT2D eigenvalue weighted by atomic mass is 28.4. The lowest BCUT2D eigenvalue weighted by molar-refractivity contribution is 0.285. The molecule has 0 bridgehead atoms. The van der Waals surface area contributed by atoms with E-state index in [4.69, 9.17) is 8.85 Å². The van der Waals surface area contributed by atoms with E-state index >= 15 is 0 Å². The van der Waals surface area contributed by atoms with E-state index in [1.165, 1.54) is 0 Å². The highest BCUT2D eigenvalue weighted by molar-refractivity contribution is 6.70. The molecule has 0 saturated heterocycles. The predicted molar refractivity (Wildman–Crippen MR) is 85.5 cm³/mol. The van der Waals surface area contributed by atoms with E-state index in [0.29, 0.717) is 0 Å². The molecule has 4 heteroatoms. The van der Waals surface area contributed by atoms with Gasteiger partial charge in [0.1, 0.15) is 0 Å². The van der Waals surface area contributed by atoms with Gasteiger partial charge in [-0.15, -0.1) is 0 Å². The molecule has 0 spiro atoms. The molecule has 0 aliphatic carbocycles. The Hall–Kier alpha value is -0.486. The number of rotatable bonds is 5. The molecule has 0 aromatic rings. The summed E-state index contributed by atoms with van der Waals surface area (Å²) in [7, 11) is -3.20. The van der Waals surface area contributed by atoms with Crippen LogP contribution in [-0.2, 0) is 8.85 Å². The van der Waals surface area contributed by atoms with Crippen molar-refractivity contribution in [2.75, 3.05) is 0 Å². The van der Waals surface area contributed by atoms with Gasteiger partial charge < -0.3 is 8.85 Å². The minimum atomic E-state index is -1.61. The zero-order chi connectivity index (χ0) is 14.8. The second-order valence-electron chi connectivity index (χ2n) is 7.65. The van der Waals surface area contributed by atoms with Crippen molar-refractivity contribution in [3.05, 3.63) is 24.2 Å². The Morgan fingerprint density at radius 1 is 0.889 bits per heavy atom. The van der Waals surface area contributed by atoms with Crippen molar-refractivity contribution < 1.29 is 8.85 Å². The Morgan fingerprint density at radius 2 is 1.28 bits per heavy atom. The van der Waals surface area contributed by atoms with Crippen molar-refractivity contribution in [2.24, 2.45) is 5.41 Å². The first-order valence-electron chi connectivity index (χ1n) is 6.50. The van der Waals surface area contributed by atoms with Crippen LogP contribution in [0.3, 0.4) is 0 Å². The van der Waals surface area contributed by atoms with Gasteiger partial charge in [-0.05, 0) is 39.3 Å². The maximum atomic E-state index is 6.16. The largest absolute Gasteiger partial charge is 0.547 e. The van der Waals surface area contributed by atoms with Crippen LogP contribution in [0.5, 0.6) is 0 Å². The molecular weight excluding hydrogens is 256 g/mol. The molecule has 0 aromatic heterocycles. The van der Waals surface area contributed by atoms with E-state index in [2.05, 4.69) is 66.6 Å². The van der Waals surface area contributed by atoms with Crippen LogP contribution in [-0.4, -0.2) is 16.6 Å². The molecule has 0 amide bonds. The molecule has 0 aliphatic rings. The van der Waals surface area contributed by atoms with Gasteiger partial charge in [-0.1, -0.05) is 27.4 Å². The van der Waals surface area contributed by atoms with E-state index in [0.717, 1.165) is 11.5 Å². The first kappa shape index (κ1) is 17.5. The monoisotopic (exact) mass is 286 g/mol. The van der Waals surface area contributed by atoms with Gasteiger partial charge in [-0.3, -0.25) is 0 Å². The fraction of sp³-hybridized carbons (Fsp3) is 0.714. The van der Waals surface area contributed by atoms with Crippen LogP contribution in [0.25, 0.3) is 0 Å². The normalized spacial score (nSPS) is 14.4. The first-order chi connectivity index (χ1) is 7.71. The molecule has 0 saturated carbocycles. The molecule has 106 valence electrons. The van der Waals surface area contributed by atoms with Crippen LogP contribution in [0.15, 0.2) is 24.2 Å². The van der Waals surface area contributed by atoms with Gasteiger partial charge in [0.15, 0.2) is 0 Å². The number of allylic oxidation sites excluding steroid dienone is 2. The predicted octanol–water partition coefficient (Wildman–Crippen LogP) is 5.13. The molecule has 0 rings (SSSR count). The minimum Gasteiger partial charge on any atom is -0.547 e. The molecule has 0 radical (unpaired) electrons.